The van der Waals surface area contributed by atoms with Gasteiger partial charge in [0.1, 0.15) is 0 Å². The van der Waals surface area contributed by atoms with Crippen molar-refractivity contribution in [1.29, 1.82) is 0 Å². The van der Waals surface area contributed by atoms with Crippen LogP contribution in [0, 0.1) is 0 Å². The number of hydrogen-bond donors (Lipinski definition) is 1. The summed E-state index contributed by atoms with van der Waals surface area (Å²) < 4.78 is 37.3. The summed E-state index contributed by atoms with van der Waals surface area (Å²) in [5.74, 6) is 0. The van der Waals surface area contributed by atoms with Crippen molar-refractivity contribution in [2.45, 2.75) is 25.7 Å². The molecule has 1 aromatic carbocycles. The van der Waals surface area contributed by atoms with E-state index in [-0.39, 0.29) is 6.04 Å². The van der Waals surface area contributed by atoms with Gasteiger partial charge in [-0.3, -0.25) is 4.98 Å². The highest BCUT2D eigenvalue weighted by Crippen LogP contribution is 2.29. The maximum atomic E-state index is 12.4. The molecule has 0 fully saturated rings. The van der Waals surface area contributed by atoms with Gasteiger partial charge in [0.05, 0.1) is 11.3 Å². The molecule has 1 aromatic heterocycles. The third-order valence-corrected chi connectivity index (χ3v) is 3.03. The molecule has 0 saturated carbocycles. The van der Waals surface area contributed by atoms with Crippen molar-refractivity contribution in [3.8, 4) is 0 Å². The van der Waals surface area contributed by atoms with Crippen LogP contribution < -0.4 is 5.32 Å². The van der Waals surface area contributed by atoms with Crippen molar-refractivity contribution in [2.24, 2.45) is 0 Å². The van der Waals surface area contributed by atoms with Crippen molar-refractivity contribution < 1.29 is 13.2 Å². The van der Waals surface area contributed by atoms with Crippen LogP contribution in [0.1, 0.15) is 29.8 Å². The molecule has 0 bridgehead atoms. The zero-order valence-corrected chi connectivity index (χ0v) is 11.0. The minimum absolute atomic E-state index is 0.0403. The molecular formula is C15H15F3N2. The standard InChI is InChI=1S/C15H15F3N2/c1-11(14-4-2-3-9-19-14)20-10-12-5-7-13(8-6-12)15(16,17)18/h2-9,11,20H,10H2,1H3/t11-/m0/s1. The summed E-state index contributed by atoms with van der Waals surface area (Å²) in [7, 11) is 0. The fraction of sp³-hybridized carbons (Fsp3) is 0.267. The molecular weight excluding hydrogens is 265 g/mol. The minimum atomic E-state index is -4.28. The molecule has 0 unspecified atom stereocenters. The van der Waals surface area contributed by atoms with Crippen LogP contribution >= 0.6 is 0 Å². The van der Waals surface area contributed by atoms with Crippen LogP contribution in [0.25, 0.3) is 0 Å². The number of aromatic nitrogens is 1. The molecule has 0 aliphatic rings. The highest BCUT2D eigenvalue weighted by molar-refractivity contribution is 5.24. The van der Waals surface area contributed by atoms with Crippen LogP contribution in [0.3, 0.4) is 0 Å². The molecule has 2 aromatic rings. The largest absolute Gasteiger partial charge is 0.416 e. The van der Waals surface area contributed by atoms with E-state index in [1.54, 1.807) is 6.20 Å². The van der Waals surface area contributed by atoms with Gasteiger partial charge in [-0.1, -0.05) is 18.2 Å². The van der Waals surface area contributed by atoms with Crippen molar-refractivity contribution >= 4 is 0 Å². The Morgan fingerprint density at radius 2 is 1.80 bits per heavy atom. The molecule has 2 rings (SSSR count). The highest BCUT2D eigenvalue weighted by atomic mass is 19.4. The first kappa shape index (κ1) is 14.5. The van der Waals surface area contributed by atoms with E-state index in [0.29, 0.717) is 6.54 Å². The third-order valence-electron chi connectivity index (χ3n) is 3.03. The average molecular weight is 280 g/mol. The zero-order valence-electron chi connectivity index (χ0n) is 11.0. The van der Waals surface area contributed by atoms with Crippen LogP contribution in [-0.4, -0.2) is 4.98 Å². The van der Waals surface area contributed by atoms with Gasteiger partial charge in [0.2, 0.25) is 0 Å². The SMILES string of the molecule is C[C@H](NCc1ccc(C(F)(F)F)cc1)c1ccccn1. The smallest absolute Gasteiger partial charge is 0.305 e. The summed E-state index contributed by atoms with van der Waals surface area (Å²) >= 11 is 0. The van der Waals surface area contributed by atoms with Gasteiger partial charge in [-0.15, -0.1) is 0 Å². The second-order valence-electron chi connectivity index (χ2n) is 4.55. The molecule has 0 amide bonds. The van der Waals surface area contributed by atoms with E-state index in [0.717, 1.165) is 23.4 Å². The summed E-state index contributed by atoms with van der Waals surface area (Å²) in [5, 5.41) is 3.23. The Labute approximate surface area is 115 Å². The van der Waals surface area contributed by atoms with E-state index in [1.165, 1.54) is 12.1 Å². The molecule has 0 aliphatic carbocycles. The summed E-state index contributed by atoms with van der Waals surface area (Å²) in [5.41, 5.74) is 1.08. The Morgan fingerprint density at radius 3 is 2.35 bits per heavy atom. The Hall–Kier alpha value is -1.88. The topological polar surface area (TPSA) is 24.9 Å². The Morgan fingerprint density at radius 1 is 1.10 bits per heavy atom. The number of rotatable bonds is 4. The molecule has 0 aliphatic heterocycles. The lowest BCUT2D eigenvalue weighted by Crippen LogP contribution is -2.19. The molecule has 1 N–H and O–H groups in total. The number of benzene rings is 1. The minimum Gasteiger partial charge on any atom is -0.305 e. The summed E-state index contributed by atoms with van der Waals surface area (Å²) in [6, 6.07) is 10.9. The normalized spacial score (nSPS) is 13.2. The third kappa shape index (κ3) is 3.81. The van der Waals surface area contributed by atoms with Crippen LogP contribution in [0.4, 0.5) is 13.2 Å². The molecule has 2 nitrogen and oxygen atoms in total. The molecule has 5 heteroatoms. The number of pyridine rings is 1. The van der Waals surface area contributed by atoms with Crippen molar-refractivity contribution in [3.63, 3.8) is 0 Å². The second kappa shape index (κ2) is 6.05. The summed E-state index contributed by atoms with van der Waals surface area (Å²) in [4.78, 5) is 4.23. The molecule has 1 heterocycles. The van der Waals surface area contributed by atoms with Crippen molar-refractivity contribution in [1.82, 2.24) is 10.3 Å². The first-order valence-corrected chi connectivity index (χ1v) is 6.27. The van der Waals surface area contributed by atoms with E-state index in [1.807, 2.05) is 25.1 Å². The lowest BCUT2D eigenvalue weighted by molar-refractivity contribution is -0.137. The molecule has 1 atom stereocenters. The maximum Gasteiger partial charge on any atom is 0.416 e. The maximum absolute atomic E-state index is 12.4. The van der Waals surface area contributed by atoms with E-state index < -0.39 is 11.7 Å². The van der Waals surface area contributed by atoms with Crippen molar-refractivity contribution in [2.75, 3.05) is 0 Å². The van der Waals surface area contributed by atoms with Gasteiger partial charge >= 0.3 is 6.18 Å². The van der Waals surface area contributed by atoms with Crippen LogP contribution in [0.2, 0.25) is 0 Å². The fourth-order valence-electron chi connectivity index (χ4n) is 1.82. The van der Waals surface area contributed by atoms with Gasteiger partial charge in [-0.25, -0.2) is 0 Å². The zero-order chi connectivity index (χ0) is 14.6. The van der Waals surface area contributed by atoms with Crippen LogP contribution in [0.15, 0.2) is 48.7 Å². The Kier molecular flexibility index (Phi) is 4.39. The van der Waals surface area contributed by atoms with E-state index in [9.17, 15) is 13.2 Å². The van der Waals surface area contributed by atoms with Gasteiger partial charge in [-0.05, 0) is 36.8 Å². The monoisotopic (exact) mass is 280 g/mol. The van der Waals surface area contributed by atoms with Crippen LogP contribution in [0.5, 0.6) is 0 Å². The average Bonchev–Trinajstić information content (AvgIpc) is 2.45. The Balaban J connectivity index is 1.94. The summed E-state index contributed by atoms with van der Waals surface area (Å²) in [6.07, 6.45) is -2.57. The molecule has 0 radical (unpaired) electrons. The number of nitrogens with one attached hydrogen (secondary N) is 1. The first-order chi connectivity index (χ1) is 9.47. The van der Waals surface area contributed by atoms with Gasteiger partial charge < -0.3 is 5.32 Å². The van der Waals surface area contributed by atoms with Gasteiger partial charge in [0, 0.05) is 18.8 Å². The lowest BCUT2D eigenvalue weighted by Gasteiger charge is -2.13. The lowest BCUT2D eigenvalue weighted by atomic mass is 10.1. The van der Waals surface area contributed by atoms with Crippen molar-refractivity contribution in [3.05, 3.63) is 65.5 Å². The summed E-state index contributed by atoms with van der Waals surface area (Å²) in [6.45, 7) is 2.46. The number of hydrogen-bond acceptors (Lipinski definition) is 2. The van der Waals surface area contributed by atoms with E-state index >= 15 is 0 Å². The fourth-order valence-corrected chi connectivity index (χ4v) is 1.82. The molecule has 20 heavy (non-hydrogen) atoms. The number of halogens is 3. The molecule has 106 valence electrons. The molecule has 0 spiro atoms. The quantitative estimate of drug-likeness (QED) is 0.917. The Bertz CT molecular complexity index is 535. The second-order valence-corrected chi connectivity index (χ2v) is 4.55. The van der Waals surface area contributed by atoms with Crippen LogP contribution in [-0.2, 0) is 12.7 Å². The number of nitrogens with zero attached hydrogens (tertiary/aromatic N) is 1. The predicted molar refractivity (Wildman–Crippen MR) is 70.9 cm³/mol. The van der Waals surface area contributed by atoms with Gasteiger partial charge in [0.15, 0.2) is 0 Å². The number of alkyl halides is 3. The molecule has 0 saturated heterocycles. The van der Waals surface area contributed by atoms with E-state index in [2.05, 4.69) is 10.3 Å². The highest BCUT2D eigenvalue weighted by Gasteiger charge is 2.29. The first-order valence-electron chi connectivity index (χ1n) is 6.27. The van der Waals surface area contributed by atoms with E-state index in [4.69, 9.17) is 0 Å². The van der Waals surface area contributed by atoms with Gasteiger partial charge in [-0.2, -0.15) is 13.2 Å². The van der Waals surface area contributed by atoms with Gasteiger partial charge in [0.25, 0.3) is 0 Å². The predicted octanol–water partition coefficient (Wildman–Crippen LogP) is 3.95.